The van der Waals surface area contributed by atoms with Gasteiger partial charge in [0.1, 0.15) is 5.82 Å². The third-order valence-electron chi connectivity index (χ3n) is 1.97. The second kappa shape index (κ2) is 4.50. The summed E-state index contributed by atoms with van der Waals surface area (Å²) in [5, 5.41) is 3.97. The fraction of sp³-hybridized carbons (Fsp3) is 0.111. The lowest BCUT2D eigenvalue weighted by atomic mass is 10.2. The van der Waals surface area contributed by atoms with Gasteiger partial charge in [-0.05, 0) is 39.7 Å². The van der Waals surface area contributed by atoms with Crippen LogP contribution in [0.2, 0.25) is 0 Å². The number of nitrogen functional groups attached to an aromatic ring is 1. The molecule has 2 N–H and O–H groups in total. The highest BCUT2D eigenvalue weighted by molar-refractivity contribution is 9.10. The minimum absolute atomic E-state index is 0.180. The fourth-order valence-electron chi connectivity index (χ4n) is 1.27. The van der Waals surface area contributed by atoms with Crippen LogP contribution < -0.4 is 5.73 Å². The van der Waals surface area contributed by atoms with Crippen molar-refractivity contribution in [1.29, 1.82) is 0 Å². The maximum atomic E-state index is 13.1. The second-order valence-corrected chi connectivity index (χ2v) is 4.70. The van der Waals surface area contributed by atoms with Gasteiger partial charge in [0.2, 0.25) is 5.95 Å². The first-order valence-corrected chi connectivity index (χ1v) is 5.94. The van der Waals surface area contributed by atoms with Crippen molar-refractivity contribution in [3.63, 3.8) is 0 Å². The standard InChI is InChI=1S/C9H7Br2FN4/c10-7-2-1-6(12)3-5(7)4-16-8(11)14-9(13)15-16/h1-3H,4H2,(H2,13,15). The molecule has 0 atom stereocenters. The van der Waals surface area contributed by atoms with Gasteiger partial charge in [-0.25, -0.2) is 9.07 Å². The summed E-state index contributed by atoms with van der Waals surface area (Å²) in [6.07, 6.45) is 0. The van der Waals surface area contributed by atoms with E-state index in [1.54, 1.807) is 10.7 Å². The predicted octanol–water partition coefficient (Wildman–Crippen LogP) is 2.57. The molecule has 0 radical (unpaired) electrons. The molecule has 16 heavy (non-hydrogen) atoms. The maximum Gasteiger partial charge on any atom is 0.240 e. The lowest BCUT2D eigenvalue weighted by Crippen LogP contribution is -2.03. The topological polar surface area (TPSA) is 56.7 Å². The van der Waals surface area contributed by atoms with Crippen molar-refractivity contribution >= 4 is 37.8 Å². The van der Waals surface area contributed by atoms with Gasteiger partial charge >= 0.3 is 0 Å². The molecule has 0 aliphatic rings. The normalized spacial score (nSPS) is 10.7. The smallest absolute Gasteiger partial charge is 0.240 e. The number of halogens is 3. The van der Waals surface area contributed by atoms with Crippen molar-refractivity contribution in [3.05, 3.63) is 38.8 Å². The molecule has 0 unspecified atom stereocenters. The molecule has 2 rings (SSSR count). The molecule has 0 spiro atoms. The van der Waals surface area contributed by atoms with Crippen LogP contribution in [0.3, 0.4) is 0 Å². The van der Waals surface area contributed by atoms with Gasteiger partial charge < -0.3 is 5.73 Å². The zero-order chi connectivity index (χ0) is 11.7. The lowest BCUT2D eigenvalue weighted by molar-refractivity contribution is 0.616. The van der Waals surface area contributed by atoms with E-state index in [9.17, 15) is 4.39 Å². The van der Waals surface area contributed by atoms with Gasteiger partial charge in [-0.2, -0.15) is 4.98 Å². The summed E-state index contributed by atoms with van der Waals surface area (Å²) in [6.45, 7) is 0.392. The first-order valence-electron chi connectivity index (χ1n) is 4.36. The monoisotopic (exact) mass is 348 g/mol. The Hall–Kier alpha value is -0.950. The van der Waals surface area contributed by atoms with Crippen molar-refractivity contribution in [2.75, 3.05) is 5.73 Å². The van der Waals surface area contributed by atoms with E-state index < -0.39 is 0 Å². The number of rotatable bonds is 2. The van der Waals surface area contributed by atoms with Crippen LogP contribution in [0.5, 0.6) is 0 Å². The Morgan fingerprint density at radius 1 is 1.38 bits per heavy atom. The number of benzene rings is 1. The summed E-state index contributed by atoms with van der Waals surface area (Å²) in [5.74, 6) is -0.109. The van der Waals surface area contributed by atoms with E-state index in [1.165, 1.54) is 12.1 Å². The predicted molar refractivity (Wildman–Crippen MR) is 65.3 cm³/mol. The molecule has 1 aromatic heterocycles. The largest absolute Gasteiger partial charge is 0.366 e. The highest BCUT2D eigenvalue weighted by atomic mass is 79.9. The molecule has 0 saturated heterocycles. The molecule has 0 bridgehead atoms. The Balaban J connectivity index is 2.33. The Bertz CT molecular complexity index is 526. The van der Waals surface area contributed by atoms with Gasteiger partial charge in [-0.15, -0.1) is 5.10 Å². The van der Waals surface area contributed by atoms with Crippen LogP contribution in [0, 0.1) is 5.82 Å². The number of anilines is 1. The van der Waals surface area contributed by atoms with Crippen molar-refractivity contribution < 1.29 is 4.39 Å². The zero-order valence-corrected chi connectivity index (χ0v) is 11.2. The van der Waals surface area contributed by atoms with Gasteiger partial charge in [0.15, 0.2) is 4.73 Å². The van der Waals surface area contributed by atoms with E-state index in [0.717, 1.165) is 10.0 Å². The molecule has 0 aliphatic heterocycles. The summed E-state index contributed by atoms with van der Waals surface area (Å²) >= 11 is 6.56. The third-order valence-corrected chi connectivity index (χ3v) is 3.33. The lowest BCUT2D eigenvalue weighted by Gasteiger charge is -2.05. The number of nitrogens with zero attached hydrogens (tertiary/aromatic N) is 3. The van der Waals surface area contributed by atoms with Crippen LogP contribution in [0.25, 0.3) is 0 Å². The van der Waals surface area contributed by atoms with Crippen LogP contribution in [-0.2, 0) is 6.54 Å². The van der Waals surface area contributed by atoms with E-state index in [4.69, 9.17) is 5.73 Å². The molecule has 84 valence electrons. The minimum atomic E-state index is -0.289. The van der Waals surface area contributed by atoms with E-state index in [-0.39, 0.29) is 11.8 Å². The summed E-state index contributed by atoms with van der Waals surface area (Å²) in [5.41, 5.74) is 6.21. The van der Waals surface area contributed by atoms with Crippen LogP contribution in [0.1, 0.15) is 5.56 Å². The average Bonchev–Trinajstić information content (AvgIpc) is 2.51. The second-order valence-electron chi connectivity index (χ2n) is 3.13. The number of aromatic nitrogens is 3. The molecule has 0 fully saturated rings. The van der Waals surface area contributed by atoms with Crippen molar-refractivity contribution in [2.45, 2.75) is 6.54 Å². The van der Waals surface area contributed by atoms with Crippen LogP contribution in [0.4, 0.5) is 10.3 Å². The highest BCUT2D eigenvalue weighted by Gasteiger charge is 2.08. The van der Waals surface area contributed by atoms with Crippen molar-refractivity contribution in [1.82, 2.24) is 14.8 Å². The summed E-state index contributed by atoms with van der Waals surface area (Å²) in [7, 11) is 0. The fourth-order valence-corrected chi connectivity index (χ4v) is 2.02. The summed E-state index contributed by atoms with van der Waals surface area (Å²) in [4.78, 5) is 3.90. The van der Waals surface area contributed by atoms with E-state index >= 15 is 0 Å². The average molecular weight is 350 g/mol. The van der Waals surface area contributed by atoms with Crippen molar-refractivity contribution in [2.24, 2.45) is 0 Å². The Morgan fingerprint density at radius 3 is 2.75 bits per heavy atom. The van der Waals surface area contributed by atoms with Crippen LogP contribution >= 0.6 is 31.9 Å². The molecule has 2 aromatic rings. The van der Waals surface area contributed by atoms with E-state index in [0.29, 0.717) is 11.3 Å². The highest BCUT2D eigenvalue weighted by Crippen LogP contribution is 2.20. The van der Waals surface area contributed by atoms with Crippen molar-refractivity contribution in [3.8, 4) is 0 Å². The molecule has 7 heteroatoms. The van der Waals surface area contributed by atoms with E-state index in [2.05, 4.69) is 41.9 Å². The number of nitrogens with two attached hydrogens (primary N) is 1. The van der Waals surface area contributed by atoms with Crippen LogP contribution in [0.15, 0.2) is 27.4 Å². The van der Waals surface area contributed by atoms with Crippen LogP contribution in [-0.4, -0.2) is 14.8 Å². The van der Waals surface area contributed by atoms with E-state index in [1.807, 2.05) is 0 Å². The number of hydrogen-bond donors (Lipinski definition) is 1. The Morgan fingerprint density at radius 2 is 2.12 bits per heavy atom. The van der Waals surface area contributed by atoms with Gasteiger partial charge in [0.25, 0.3) is 0 Å². The zero-order valence-electron chi connectivity index (χ0n) is 7.99. The SMILES string of the molecule is Nc1nc(Br)n(Cc2cc(F)ccc2Br)n1. The minimum Gasteiger partial charge on any atom is -0.366 e. The summed E-state index contributed by atoms with van der Waals surface area (Å²) in [6, 6.07) is 4.48. The van der Waals surface area contributed by atoms with Gasteiger partial charge in [-0.1, -0.05) is 15.9 Å². The van der Waals surface area contributed by atoms with Gasteiger partial charge in [0, 0.05) is 4.47 Å². The Labute approximate surface area is 108 Å². The van der Waals surface area contributed by atoms with Gasteiger partial charge in [-0.3, -0.25) is 0 Å². The molecular weight excluding hydrogens is 343 g/mol. The molecular formula is C9H7Br2FN4. The quantitative estimate of drug-likeness (QED) is 0.906. The summed E-state index contributed by atoms with van der Waals surface area (Å²) < 4.78 is 15.9. The molecule has 0 aliphatic carbocycles. The number of hydrogen-bond acceptors (Lipinski definition) is 3. The molecule has 1 heterocycles. The first-order chi connectivity index (χ1) is 7.56. The first kappa shape index (κ1) is 11.5. The molecule has 0 amide bonds. The van der Waals surface area contributed by atoms with Gasteiger partial charge in [0.05, 0.1) is 6.54 Å². The molecule has 0 saturated carbocycles. The third kappa shape index (κ3) is 2.41. The maximum absolute atomic E-state index is 13.1. The Kier molecular flexibility index (Phi) is 3.25. The molecule has 4 nitrogen and oxygen atoms in total. The molecule has 1 aromatic carbocycles.